The lowest BCUT2D eigenvalue weighted by Crippen LogP contribution is -2.29. The van der Waals surface area contributed by atoms with Crippen LogP contribution in [0, 0.1) is 6.92 Å². The molecule has 0 amide bonds. The molecule has 0 aliphatic rings. The topological polar surface area (TPSA) is 29.9 Å². The van der Waals surface area contributed by atoms with Crippen LogP contribution in [0.1, 0.15) is 16.7 Å². The molecule has 1 N–H and O–H groups in total. The Morgan fingerprint density at radius 3 is 2.67 bits per heavy atom. The van der Waals surface area contributed by atoms with E-state index in [0.717, 1.165) is 12.8 Å². The summed E-state index contributed by atoms with van der Waals surface area (Å²) in [6.45, 7) is 2.14. The second-order valence-corrected chi connectivity index (χ2v) is 4.91. The number of aromatic nitrogens is 2. The van der Waals surface area contributed by atoms with Gasteiger partial charge < -0.3 is 5.32 Å². The molecule has 2 rings (SSSR count). The van der Waals surface area contributed by atoms with Crippen molar-refractivity contribution in [1.29, 1.82) is 0 Å². The van der Waals surface area contributed by atoms with Crippen molar-refractivity contribution < 1.29 is 0 Å². The van der Waals surface area contributed by atoms with Gasteiger partial charge in [-0.3, -0.25) is 4.68 Å². The highest BCUT2D eigenvalue weighted by Gasteiger charge is 2.09. The number of likely N-dealkylation sites (N-methyl/N-ethyl adjacent to an activating group) is 1. The lowest BCUT2D eigenvalue weighted by Gasteiger charge is -2.15. The average molecular weight is 243 g/mol. The first kappa shape index (κ1) is 12.8. The molecule has 0 fully saturated rings. The van der Waals surface area contributed by atoms with Gasteiger partial charge in [-0.15, -0.1) is 0 Å². The molecule has 0 saturated carbocycles. The first-order chi connectivity index (χ1) is 8.67. The Morgan fingerprint density at radius 1 is 1.28 bits per heavy atom. The van der Waals surface area contributed by atoms with E-state index in [1.165, 1.54) is 16.7 Å². The van der Waals surface area contributed by atoms with Crippen LogP contribution in [0.4, 0.5) is 0 Å². The third-order valence-corrected chi connectivity index (χ3v) is 3.21. The number of rotatable bonds is 5. The molecule has 1 aromatic carbocycles. The molecule has 1 aromatic heterocycles. The van der Waals surface area contributed by atoms with Crippen LogP contribution in [0.25, 0.3) is 0 Å². The summed E-state index contributed by atoms with van der Waals surface area (Å²) in [5.74, 6) is 0. The smallest absolute Gasteiger partial charge is 0.0522 e. The van der Waals surface area contributed by atoms with Gasteiger partial charge in [-0.05, 0) is 37.9 Å². The molecule has 2 aromatic rings. The lowest BCUT2D eigenvalue weighted by molar-refractivity contribution is 0.556. The predicted octanol–water partition coefficient (Wildman–Crippen LogP) is 2.10. The van der Waals surface area contributed by atoms with Crippen molar-refractivity contribution in [2.75, 3.05) is 7.05 Å². The van der Waals surface area contributed by atoms with Gasteiger partial charge in [0.05, 0.1) is 6.20 Å². The first-order valence-electron chi connectivity index (χ1n) is 6.37. The Hall–Kier alpha value is -1.61. The number of aryl methyl sites for hydroxylation is 2. The van der Waals surface area contributed by atoms with E-state index in [4.69, 9.17) is 0 Å². The molecule has 3 heteroatoms. The Labute approximate surface area is 109 Å². The molecular weight excluding hydrogens is 222 g/mol. The second kappa shape index (κ2) is 5.83. The molecule has 0 radical (unpaired) electrons. The summed E-state index contributed by atoms with van der Waals surface area (Å²) in [6, 6.07) is 9.17. The van der Waals surface area contributed by atoms with Crippen LogP contribution in [0.2, 0.25) is 0 Å². The van der Waals surface area contributed by atoms with E-state index in [9.17, 15) is 0 Å². The van der Waals surface area contributed by atoms with Gasteiger partial charge in [0.2, 0.25) is 0 Å². The SMILES string of the molecule is CNC(Cc1cccc(C)c1)Cc1cnn(C)c1. The quantitative estimate of drug-likeness (QED) is 0.871. The van der Waals surface area contributed by atoms with Gasteiger partial charge in [-0.2, -0.15) is 5.10 Å². The Balaban J connectivity index is 2.01. The van der Waals surface area contributed by atoms with E-state index in [0.29, 0.717) is 6.04 Å². The standard InChI is InChI=1S/C15H21N3/c1-12-5-4-6-13(7-12)8-15(16-2)9-14-10-17-18(3)11-14/h4-7,10-11,15-16H,8-9H2,1-3H3. The number of hydrogen-bond acceptors (Lipinski definition) is 2. The Kier molecular flexibility index (Phi) is 4.15. The Bertz CT molecular complexity index is 502. The van der Waals surface area contributed by atoms with E-state index in [1.807, 2.05) is 25.0 Å². The summed E-state index contributed by atoms with van der Waals surface area (Å²) in [5.41, 5.74) is 3.99. The van der Waals surface area contributed by atoms with Crippen LogP contribution in [-0.2, 0) is 19.9 Å². The molecule has 1 atom stereocenters. The summed E-state index contributed by atoms with van der Waals surface area (Å²) < 4.78 is 1.86. The first-order valence-corrected chi connectivity index (χ1v) is 6.37. The van der Waals surface area contributed by atoms with E-state index < -0.39 is 0 Å². The second-order valence-electron chi connectivity index (χ2n) is 4.91. The van der Waals surface area contributed by atoms with Gasteiger partial charge in [0.25, 0.3) is 0 Å². The minimum atomic E-state index is 0.455. The van der Waals surface area contributed by atoms with Crippen molar-refractivity contribution >= 4 is 0 Å². The van der Waals surface area contributed by atoms with Crippen molar-refractivity contribution in [1.82, 2.24) is 15.1 Å². The van der Waals surface area contributed by atoms with E-state index >= 15 is 0 Å². The minimum Gasteiger partial charge on any atom is -0.316 e. The van der Waals surface area contributed by atoms with Crippen molar-refractivity contribution in [2.45, 2.75) is 25.8 Å². The van der Waals surface area contributed by atoms with Crippen molar-refractivity contribution in [3.05, 3.63) is 53.3 Å². The van der Waals surface area contributed by atoms with Crippen LogP contribution in [0.15, 0.2) is 36.7 Å². The highest BCUT2D eigenvalue weighted by molar-refractivity contribution is 5.23. The maximum absolute atomic E-state index is 4.21. The molecule has 1 unspecified atom stereocenters. The number of nitrogens with zero attached hydrogens (tertiary/aromatic N) is 2. The summed E-state index contributed by atoms with van der Waals surface area (Å²) in [7, 11) is 3.98. The van der Waals surface area contributed by atoms with Crippen LogP contribution in [0.5, 0.6) is 0 Å². The molecular formula is C15H21N3. The van der Waals surface area contributed by atoms with Crippen molar-refractivity contribution in [2.24, 2.45) is 7.05 Å². The zero-order valence-corrected chi connectivity index (χ0v) is 11.4. The highest BCUT2D eigenvalue weighted by atomic mass is 15.2. The molecule has 96 valence electrons. The molecule has 0 bridgehead atoms. The molecule has 0 aliphatic heterocycles. The van der Waals surface area contributed by atoms with E-state index in [-0.39, 0.29) is 0 Å². The largest absolute Gasteiger partial charge is 0.316 e. The highest BCUT2D eigenvalue weighted by Crippen LogP contribution is 2.10. The van der Waals surface area contributed by atoms with Crippen LogP contribution in [0.3, 0.4) is 0 Å². The van der Waals surface area contributed by atoms with Gasteiger partial charge in [0.1, 0.15) is 0 Å². The molecule has 3 nitrogen and oxygen atoms in total. The Morgan fingerprint density at radius 2 is 2.06 bits per heavy atom. The number of benzene rings is 1. The van der Waals surface area contributed by atoms with Crippen LogP contribution < -0.4 is 5.32 Å². The summed E-state index contributed by atoms with van der Waals surface area (Å²) in [6.07, 6.45) is 6.09. The monoisotopic (exact) mass is 243 g/mol. The van der Waals surface area contributed by atoms with Crippen molar-refractivity contribution in [3.63, 3.8) is 0 Å². The van der Waals surface area contributed by atoms with Gasteiger partial charge >= 0.3 is 0 Å². The van der Waals surface area contributed by atoms with Gasteiger partial charge in [0.15, 0.2) is 0 Å². The number of nitrogens with one attached hydrogen (secondary N) is 1. The molecule has 0 spiro atoms. The number of hydrogen-bond donors (Lipinski definition) is 1. The molecule has 18 heavy (non-hydrogen) atoms. The summed E-state index contributed by atoms with van der Waals surface area (Å²) in [5, 5.41) is 7.60. The molecule has 0 saturated heterocycles. The summed E-state index contributed by atoms with van der Waals surface area (Å²) in [4.78, 5) is 0. The minimum absolute atomic E-state index is 0.455. The summed E-state index contributed by atoms with van der Waals surface area (Å²) >= 11 is 0. The normalized spacial score (nSPS) is 12.6. The van der Waals surface area contributed by atoms with E-state index in [1.54, 1.807) is 0 Å². The zero-order valence-electron chi connectivity index (χ0n) is 11.4. The predicted molar refractivity (Wildman–Crippen MR) is 74.6 cm³/mol. The fraction of sp³-hybridized carbons (Fsp3) is 0.400. The third-order valence-electron chi connectivity index (χ3n) is 3.21. The fourth-order valence-electron chi connectivity index (χ4n) is 2.26. The van der Waals surface area contributed by atoms with Crippen LogP contribution in [-0.4, -0.2) is 22.9 Å². The van der Waals surface area contributed by atoms with Gasteiger partial charge in [0, 0.05) is 19.3 Å². The van der Waals surface area contributed by atoms with Gasteiger partial charge in [-0.25, -0.2) is 0 Å². The molecule has 0 aliphatic carbocycles. The molecule has 1 heterocycles. The lowest BCUT2D eigenvalue weighted by atomic mass is 10.00. The fourth-order valence-corrected chi connectivity index (χ4v) is 2.26. The maximum Gasteiger partial charge on any atom is 0.0522 e. The van der Waals surface area contributed by atoms with Gasteiger partial charge in [-0.1, -0.05) is 29.8 Å². The average Bonchev–Trinajstić information content (AvgIpc) is 2.74. The van der Waals surface area contributed by atoms with Crippen molar-refractivity contribution in [3.8, 4) is 0 Å². The third kappa shape index (κ3) is 3.44. The van der Waals surface area contributed by atoms with E-state index in [2.05, 4.69) is 47.8 Å². The zero-order chi connectivity index (χ0) is 13.0. The van der Waals surface area contributed by atoms with Crippen LogP contribution >= 0.6 is 0 Å². The maximum atomic E-state index is 4.21.